The number of anilines is 1. The van der Waals surface area contributed by atoms with Gasteiger partial charge in [0.05, 0.1) is 26.2 Å². The molecule has 3 aromatic carbocycles. The van der Waals surface area contributed by atoms with Gasteiger partial charge in [-0.25, -0.2) is 8.42 Å². The van der Waals surface area contributed by atoms with Crippen LogP contribution in [0.1, 0.15) is 25.0 Å². The smallest absolute Gasteiger partial charge is 0.244 e. The van der Waals surface area contributed by atoms with Gasteiger partial charge in [-0.3, -0.25) is 13.9 Å². The van der Waals surface area contributed by atoms with E-state index >= 15 is 0 Å². The molecule has 41 heavy (non-hydrogen) atoms. The van der Waals surface area contributed by atoms with Crippen molar-refractivity contribution in [1.82, 2.24) is 10.2 Å². The molecule has 0 saturated carbocycles. The van der Waals surface area contributed by atoms with Crippen LogP contribution in [-0.2, 0) is 32.6 Å². The van der Waals surface area contributed by atoms with Crippen LogP contribution in [0, 0.1) is 0 Å². The first kappa shape index (κ1) is 31.8. The Morgan fingerprint density at radius 3 is 2.10 bits per heavy atom. The van der Waals surface area contributed by atoms with Gasteiger partial charge in [0.1, 0.15) is 12.6 Å². The Balaban J connectivity index is 2.07. The minimum Gasteiger partial charge on any atom is -0.493 e. The first-order chi connectivity index (χ1) is 19.4. The van der Waals surface area contributed by atoms with Crippen molar-refractivity contribution in [3.8, 4) is 11.5 Å². The van der Waals surface area contributed by atoms with Crippen LogP contribution in [0.5, 0.6) is 11.5 Å². The Labute approximate surface area is 247 Å². The monoisotopic (exact) mass is 601 g/mol. The standard InChI is InChI=1S/C30H36ClN3O6S/c1-21(2)32-30(36)26(17-22-9-7-6-8-10-22)33(19-23-11-13-24(31)14-12-23)29(35)20-34(41(5,37)38)25-15-16-27(39-3)28(18-25)40-4/h6-16,18,21,26H,17,19-20H2,1-5H3,(H,32,36). The van der Waals surface area contributed by atoms with Crippen LogP contribution in [0.4, 0.5) is 5.69 Å². The summed E-state index contributed by atoms with van der Waals surface area (Å²) in [5.74, 6) is -0.181. The minimum atomic E-state index is -3.92. The number of hydrogen-bond acceptors (Lipinski definition) is 6. The van der Waals surface area contributed by atoms with E-state index in [1.54, 1.807) is 30.3 Å². The van der Waals surface area contributed by atoms with Crippen LogP contribution in [0.15, 0.2) is 72.8 Å². The van der Waals surface area contributed by atoms with E-state index in [-0.39, 0.29) is 30.6 Å². The molecule has 0 heterocycles. The number of nitrogens with one attached hydrogen (secondary N) is 1. The molecule has 3 rings (SSSR count). The van der Waals surface area contributed by atoms with Gasteiger partial charge in [0, 0.05) is 30.1 Å². The highest BCUT2D eigenvalue weighted by Crippen LogP contribution is 2.32. The fourth-order valence-corrected chi connectivity index (χ4v) is 5.28. The second kappa shape index (κ2) is 14.2. The molecule has 0 fully saturated rings. The average Bonchev–Trinajstić information content (AvgIpc) is 2.93. The van der Waals surface area contributed by atoms with Gasteiger partial charge in [-0.2, -0.15) is 0 Å². The van der Waals surface area contributed by atoms with E-state index in [4.69, 9.17) is 21.1 Å². The molecule has 9 nitrogen and oxygen atoms in total. The van der Waals surface area contributed by atoms with Crippen LogP contribution in [0.3, 0.4) is 0 Å². The molecule has 0 aliphatic heterocycles. The van der Waals surface area contributed by atoms with E-state index in [9.17, 15) is 18.0 Å². The predicted molar refractivity (Wildman–Crippen MR) is 161 cm³/mol. The molecular weight excluding hydrogens is 566 g/mol. The summed E-state index contributed by atoms with van der Waals surface area (Å²) < 4.78 is 37.6. The van der Waals surface area contributed by atoms with E-state index in [1.165, 1.54) is 31.3 Å². The van der Waals surface area contributed by atoms with Crippen LogP contribution in [0.2, 0.25) is 5.02 Å². The Morgan fingerprint density at radius 1 is 0.902 bits per heavy atom. The predicted octanol–water partition coefficient (Wildman–Crippen LogP) is 4.29. The van der Waals surface area contributed by atoms with Crippen molar-refractivity contribution in [2.45, 2.75) is 38.9 Å². The second-order valence-electron chi connectivity index (χ2n) is 9.83. The first-order valence-corrected chi connectivity index (χ1v) is 15.2. The third-order valence-electron chi connectivity index (χ3n) is 6.30. The van der Waals surface area contributed by atoms with Gasteiger partial charge in [-0.1, -0.05) is 54.1 Å². The number of nitrogens with zero attached hydrogens (tertiary/aromatic N) is 2. The summed E-state index contributed by atoms with van der Waals surface area (Å²) in [5.41, 5.74) is 1.80. The van der Waals surface area contributed by atoms with Gasteiger partial charge in [0.15, 0.2) is 11.5 Å². The highest BCUT2D eigenvalue weighted by atomic mass is 35.5. The highest BCUT2D eigenvalue weighted by molar-refractivity contribution is 7.92. The number of hydrogen-bond donors (Lipinski definition) is 1. The van der Waals surface area contributed by atoms with Crippen molar-refractivity contribution in [2.24, 2.45) is 0 Å². The summed E-state index contributed by atoms with van der Waals surface area (Å²) in [6.45, 7) is 3.20. The number of carbonyl (C=O) groups is 2. The second-order valence-corrected chi connectivity index (χ2v) is 12.2. The number of carbonyl (C=O) groups excluding carboxylic acids is 2. The quantitative estimate of drug-likeness (QED) is 0.313. The number of ether oxygens (including phenoxy) is 2. The number of rotatable bonds is 13. The molecule has 0 aliphatic rings. The molecule has 0 saturated heterocycles. The van der Waals surface area contributed by atoms with Gasteiger partial charge in [-0.15, -0.1) is 0 Å². The number of halogens is 1. The Morgan fingerprint density at radius 2 is 1.54 bits per heavy atom. The van der Waals surface area contributed by atoms with Crippen molar-refractivity contribution >= 4 is 39.1 Å². The Bertz CT molecular complexity index is 1430. The molecule has 0 aliphatic carbocycles. The topological polar surface area (TPSA) is 105 Å². The van der Waals surface area contributed by atoms with Crippen LogP contribution in [-0.4, -0.2) is 64.2 Å². The van der Waals surface area contributed by atoms with Crippen LogP contribution >= 0.6 is 11.6 Å². The fraction of sp³-hybridized carbons (Fsp3) is 0.333. The van der Waals surface area contributed by atoms with E-state index in [0.29, 0.717) is 16.5 Å². The molecule has 1 N–H and O–H groups in total. The largest absolute Gasteiger partial charge is 0.493 e. The number of amides is 2. The molecular formula is C30H36ClN3O6S. The zero-order valence-electron chi connectivity index (χ0n) is 23.8. The number of methoxy groups -OCH3 is 2. The minimum absolute atomic E-state index is 0.0581. The summed E-state index contributed by atoms with van der Waals surface area (Å²) in [4.78, 5) is 29.1. The van der Waals surface area contributed by atoms with E-state index in [1.807, 2.05) is 44.2 Å². The molecule has 0 bridgehead atoms. The van der Waals surface area contributed by atoms with Crippen LogP contribution < -0.4 is 19.1 Å². The maximum Gasteiger partial charge on any atom is 0.244 e. The lowest BCUT2D eigenvalue weighted by atomic mass is 10.0. The van der Waals surface area contributed by atoms with Gasteiger partial charge < -0.3 is 19.7 Å². The average molecular weight is 602 g/mol. The van der Waals surface area contributed by atoms with E-state index < -0.39 is 28.5 Å². The van der Waals surface area contributed by atoms with E-state index in [2.05, 4.69) is 5.32 Å². The third kappa shape index (κ3) is 8.86. The van der Waals surface area contributed by atoms with Crippen molar-refractivity contribution < 1.29 is 27.5 Å². The first-order valence-electron chi connectivity index (χ1n) is 13.0. The lowest BCUT2D eigenvalue weighted by Gasteiger charge is -2.34. The number of sulfonamides is 1. The number of benzene rings is 3. The van der Waals surface area contributed by atoms with Crippen molar-refractivity contribution in [3.05, 3.63) is 88.9 Å². The maximum atomic E-state index is 14.1. The van der Waals surface area contributed by atoms with Crippen molar-refractivity contribution in [1.29, 1.82) is 0 Å². The summed E-state index contributed by atoms with van der Waals surface area (Å²) >= 11 is 6.08. The summed E-state index contributed by atoms with van der Waals surface area (Å²) in [6.07, 6.45) is 1.25. The van der Waals surface area contributed by atoms with Crippen molar-refractivity contribution in [3.63, 3.8) is 0 Å². The van der Waals surface area contributed by atoms with E-state index in [0.717, 1.165) is 21.7 Å². The molecule has 0 spiro atoms. The lowest BCUT2D eigenvalue weighted by molar-refractivity contribution is -0.140. The molecule has 1 atom stereocenters. The normalized spacial score (nSPS) is 12.0. The molecule has 0 aromatic heterocycles. The Kier molecular flexibility index (Phi) is 11.0. The molecule has 0 radical (unpaired) electrons. The summed E-state index contributed by atoms with van der Waals surface area (Å²) in [6, 6.07) is 19.8. The zero-order valence-corrected chi connectivity index (χ0v) is 25.4. The maximum absolute atomic E-state index is 14.1. The van der Waals surface area contributed by atoms with Crippen LogP contribution in [0.25, 0.3) is 0 Å². The van der Waals surface area contributed by atoms with Gasteiger partial charge in [0.25, 0.3) is 0 Å². The third-order valence-corrected chi connectivity index (χ3v) is 7.70. The molecule has 11 heteroatoms. The van der Waals surface area contributed by atoms with Gasteiger partial charge in [0.2, 0.25) is 21.8 Å². The lowest BCUT2D eigenvalue weighted by Crippen LogP contribution is -2.54. The van der Waals surface area contributed by atoms with Gasteiger partial charge in [-0.05, 0) is 49.2 Å². The summed E-state index contributed by atoms with van der Waals surface area (Å²) in [5, 5.41) is 3.45. The Hall–Kier alpha value is -3.76. The molecule has 2 amide bonds. The fourth-order valence-electron chi connectivity index (χ4n) is 4.31. The highest BCUT2D eigenvalue weighted by Gasteiger charge is 2.33. The van der Waals surface area contributed by atoms with Gasteiger partial charge >= 0.3 is 0 Å². The SMILES string of the molecule is COc1ccc(N(CC(=O)N(Cc2ccc(Cl)cc2)C(Cc2ccccc2)C(=O)NC(C)C)S(C)(=O)=O)cc1OC. The molecule has 220 valence electrons. The zero-order chi connectivity index (χ0) is 30.2. The molecule has 3 aromatic rings. The molecule has 1 unspecified atom stereocenters. The van der Waals surface area contributed by atoms with Crippen molar-refractivity contribution in [2.75, 3.05) is 31.3 Å². The summed E-state index contributed by atoms with van der Waals surface area (Å²) in [7, 11) is -1.01.